The Labute approximate surface area is 150 Å². The highest BCUT2D eigenvalue weighted by molar-refractivity contribution is 5.99. The van der Waals surface area contributed by atoms with E-state index in [0.29, 0.717) is 16.6 Å². The minimum absolute atomic E-state index is 0.0502. The molecule has 0 spiro atoms. The summed E-state index contributed by atoms with van der Waals surface area (Å²) < 4.78 is 40.6. The first-order chi connectivity index (χ1) is 12.8. The Morgan fingerprint density at radius 3 is 2.41 bits per heavy atom. The Hall–Kier alpha value is -3.69. The molecule has 3 amide bonds. The molecule has 27 heavy (non-hydrogen) atoms. The number of carbonyl (C=O) groups excluding carboxylic acids is 2. The molecule has 0 unspecified atom stereocenters. The van der Waals surface area contributed by atoms with Gasteiger partial charge in [0.2, 0.25) is 0 Å². The number of aromatic amines is 1. The van der Waals surface area contributed by atoms with Crippen LogP contribution < -0.4 is 20.9 Å². The number of hydrogen-bond acceptors (Lipinski definition) is 3. The molecule has 3 rings (SSSR count). The molecule has 0 aliphatic carbocycles. The Bertz CT molecular complexity index is 970. The van der Waals surface area contributed by atoms with Crippen LogP contribution in [0, 0.1) is 0 Å². The van der Waals surface area contributed by atoms with E-state index < -0.39 is 24.1 Å². The summed E-state index contributed by atoms with van der Waals surface area (Å²) in [6.45, 7) is 0. The molecule has 0 aliphatic heterocycles. The topological polar surface area (TPSA) is 95.2 Å². The number of amides is 3. The Balaban J connectivity index is 1.62. The molecule has 0 radical (unpaired) electrons. The first-order valence-corrected chi connectivity index (χ1v) is 7.61. The van der Waals surface area contributed by atoms with Gasteiger partial charge in [-0.3, -0.25) is 10.2 Å². The number of carbonyl (C=O) groups is 2. The van der Waals surface area contributed by atoms with Crippen molar-refractivity contribution >= 4 is 28.5 Å². The van der Waals surface area contributed by atoms with Gasteiger partial charge in [0.25, 0.3) is 5.91 Å². The van der Waals surface area contributed by atoms with Gasteiger partial charge >= 0.3 is 12.4 Å². The van der Waals surface area contributed by atoms with Crippen molar-refractivity contribution in [3.8, 4) is 5.75 Å². The summed E-state index contributed by atoms with van der Waals surface area (Å²) in [5.74, 6) is -1.07. The van der Waals surface area contributed by atoms with Crippen LogP contribution in [0.15, 0.2) is 54.6 Å². The van der Waals surface area contributed by atoms with Crippen molar-refractivity contribution in [3.63, 3.8) is 0 Å². The second-order valence-electron chi connectivity index (χ2n) is 5.38. The largest absolute Gasteiger partial charge is 0.573 e. The van der Waals surface area contributed by atoms with Crippen molar-refractivity contribution in [2.24, 2.45) is 0 Å². The number of H-pyrrole nitrogens is 1. The smallest absolute Gasteiger partial charge is 0.406 e. The molecular weight excluding hydrogens is 365 g/mol. The highest BCUT2D eigenvalue weighted by Crippen LogP contribution is 2.26. The summed E-state index contributed by atoms with van der Waals surface area (Å²) in [6, 6.07) is 12.9. The highest BCUT2D eigenvalue weighted by Gasteiger charge is 2.31. The van der Waals surface area contributed by atoms with Gasteiger partial charge in [-0.2, -0.15) is 0 Å². The van der Waals surface area contributed by atoms with Gasteiger partial charge in [0, 0.05) is 16.6 Å². The van der Waals surface area contributed by atoms with E-state index in [0.717, 1.165) is 12.1 Å². The van der Waals surface area contributed by atoms with Crippen molar-refractivity contribution in [2.75, 3.05) is 5.32 Å². The second-order valence-corrected chi connectivity index (χ2v) is 5.38. The molecule has 7 nitrogen and oxygen atoms in total. The molecule has 4 N–H and O–H groups in total. The van der Waals surface area contributed by atoms with Crippen LogP contribution in [0.5, 0.6) is 5.75 Å². The number of rotatable bonds is 3. The maximum atomic E-state index is 12.3. The summed E-state index contributed by atoms with van der Waals surface area (Å²) in [5.41, 5.74) is 5.38. The molecule has 0 saturated carbocycles. The van der Waals surface area contributed by atoms with Gasteiger partial charge in [0.1, 0.15) is 11.4 Å². The van der Waals surface area contributed by atoms with Gasteiger partial charge < -0.3 is 15.0 Å². The van der Waals surface area contributed by atoms with Crippen LogP contribution in [0.2, 0.25) is 0 Å². The molecule has 0 bridgehead atoms. The van der Waals surface area contributed by atoms with E-state index in [4.69, 9.17) is 0 Å². The number of hydrogen-bond donors (Lipinski definition) is 4. The minimum atomic E-state index is -4.81. The van der Waals surface area contributed by atoms with Crippen LogP contribution in [0.3, 0.4) is 0 Å². The maximum Gasteiger partial charge on any atom is 0.573 e. The average molecular weight is 378 g/mol. The number of hydrazine groups is 1. The molecule has 3 aromatic rings. The summed E-state index contributed by atoms with van der Waals surface area (Å²) in [7, 11) is 0. The molecule has 10 heteroatoms. The van der Waals surface area contributed by atoms with Crippen LogP contribution in [0.25, 0.3) is 10.9 Å². The van der Waals surface area contributed by atoms with Gasteiger partial charge in [0.15, 0.2) is 0 Å². The number of fused-ring (bicyclic) bond motifs is 1. The number of halogens is 3. The van der Waals surface area contributed by atoms with Crippen LogP contribution in [-0.4, -0.2) is 23.3 Å². The van der Waals surface area contributed by atoms with Gasteiger partial charge in [-0.25, -0.2) is 10.2 Å². The first kappa shape index (κ1) is 18.1. The average Bonchev–Trinajstić information content (AvgIpc) is 3.02. The lowest BCUT2D eigenvalue weighted by Crippen LogP contribution is -2.44. The molecule has 140 valence electrons. The van der Waals surface area contributed by atoms with Crippen LogP contribution >= 0.6 is 0 Å². The normalized spacial score (nSPS) is 11.1. The predicted octanol–water partition coefficient (Wildman–Crippen LogP) is 3.53. The standard InChI is InChI=1S/C17H13F3N4O3/c18-17(19,20)27-12-6-7-13-10(8-12)9-14(22-13)15(25)23-24-16(26)21-11-4-2-1-3-5-11/h1-9,22H,(H,23,25)(H2,21,24,26). The molecule has 1 aromatic heterocycles. The third kappa shape index (κ3) is 4.91. The molecule has 0 atom stereocenters. The number of anilines is 1. The van der Waals surface area contributed by atoms with E-state index >= 15 is 0 Å². The summed E-state index contributed by atoms with van der Waals surface area (Å²) in [6.07, 6.45) is -4.81. The van der Waals surface area contributed by atoms with E-state index in [1.165, 1.54) is 12.1 Å². The second kappa shape index (κ2) is 7.28. The Morgan fingerprint density at radius 1 is 0.963 bits per heavy atom. The van der Waals surface area contributed by atoms with Crippen molar-refractivity contribution in [3.05, 3.63) is 60.3 Å². The number of aromatic nitrogens is 1. The third-order valence-electron chi connectivity index (χ3n) is 3.39. The van der Waals surface area contributed by atoms with Crippen molar-refractivity contribution in [1.29, 1.82) is 0 Å². The van der Waals surface area contributed by atoms with E-state index in [1.807, 2.05) is 0 Å². The van der Waals surface area contributed by atoms with Crippen molar-refractivity contribution in [1.82, 2.24) is 15.8 Å². The maximum absolute atomic E-state index is 12.3. The summed E-state index contributed by atoms with van der Waals surface area (Å²) in [5, 5.41) is 2.85. The summed E-state index contributed by atoms with van der Waals surface area (Å²) >= 11 is 0. The van der Waals surface area contributed by atoms with Gasteiger partial charge in [-0.1, -0.05) is 18.2 Å². The summed E-state index contributed by atoms with van der Waals surface area (Å²) in [4.78, 5) is 26.6. The molecule has 2 aromatic carbocycles. The Morgan fingerprint density at radius 2 is 1.70 bits per heavy atom. The third-order valence-corrected chi connectivity index (χ3v) is 3.39. The van der Waals surface area contributed by atoms with E-state index in [-0.39, 0.29) is 5.69 Å². The molecule has 0 saturated heterocycles. The quantitative estimate of drug-likeness (QED) is 0.525. The zero-order chi connectivity index (χ0) is 19.4. The lowest BCUT2D eigenvalue weighted by Gasteiger charge is -2.08. The van der Waals surface area contributed by atoms with Crippen LogP contribution in [0.4, 0.5) is 23.7 Å². The van der Waals surface area contributed by atoms with Crippen LogP contribution in [-0.2, 0) is 0 Å². The zero-order valence-corrected chi connectivity index (χ0v) is 13.6. The SMILES string of the molecule is O=C(NNC(=O)c1cc2cc(OC(F)(F)F)ccc2[nH]1)Nc1ccccc1. The minimum Gasteiger partial charge on any atom is -0.406 e. The fraction of sp³-hybridized carbons (Fsp3) is 0.0588. The monoisotopic (exact) mass is 378 g/mol. The lowest BCUT2D eigenvalue weighted by atomic mass is 10.2. The highest BCUT2D eigenvalue weighted by atomic mass is 19.4. The first-order valence-electron chi connectivity index (χ1n) is 7.61. The number of urea groups is 1. The molecule has 0 aliphatic rings. The van der Waals surface area contributed by atoms with Gasteiger partial charge in [-0.15, -0.1) is 13.2 Å². The predicted molar refractivity (Wildman–Crippen MR) is 91.0 cm³/mol. The number of para-hydroxylation sites is 1. The van der Waals surface area contributed by atoms with Crippen molar-refractivity contribution < 1.29 is 27.5 Å². The fourth-order valence-electron chi connectivity index (χ4n) is 2.29. The number of ether oxygens (including phenoxy) is 1. The van der Waals surface area contributed by atoms with Crippen LogP contribution in [0.1, 0.15) is 10.5 Å². The van der Waals surface area contributed by atoms with Crippen molar-refractivity contribution in [2.45, 2.75) is 6.36 Å². The molecular formula is C17H13F3N4O3. The van der Waals surface area contributed by atoms with E-state index in [1.54, 1.807) is 30.3 Å². The lowest BCUT2D eigenvalue weighted by molar-refractivity contribution is -0.274. The molecule has 1 heterocycles. The number of alkyl halides is 3. The zero-order valence-electron chi connectivity index (χ0n) is 13.6. The van der Waals surface area contributed by atoms with Gasteiger partial charge in [0.05, 0.1) is 0 Å². The number of nitrogens with one attached hydrogen (secondary N) is 4. The van der Waals surface area contributed by atoms with E-state index in [2.05, 4.69) is 25.9 Å². The Kier molecular flexibility index (Phi) is 4.88. The fourth-order valence-corrected chi connectivity index (χ4v) is 2.29. The van der Waals surface area contributed by atoms with Gasteiger partial charge in [-0.05, 0) is 36.4 Å². The van der Waals surface area contributed by atoms with E-state index in [9.17, 15) is 22.8 Å². The number of benzene rings is 2. The molecule has 0 fully saturated rings.